The molecule has 0 saturated carbocycles. The molecule has 25 heavy (non-hydrogen) atoms. The van der Waals surface area contributed by atoms with Gasteiger partial charge in [0.25, 0.3) is 5.91 Å². The lowest BCUT2D eigenvalue weighted by atomic mass is 9.94. The number of carbonyl (C=O) groups excluding carboxylic acids is 3. The Morgan fingerprint density at radius 3 is 2.72 bits per heavy atom. The molecule has 0 radical (unpaired) electrons. The number of anilines is 1. The molecule has 1 heterocycles. The maximum absolute atomic E-state index is 14.2. The van der Waals surface area contributed by atoms with Crippen LogP contribution in [0.25, 0.3) is 0 Å². The summed E-state index contributed by atoms with van der Waals surface area (Å²) in [5, 5.41) is 0. The molecule has 1 aromatic carbocycles. The number of hydrogen-bond donors (Lipinski definition) is 1. The zero-order valence-corrected chi connectivity index (χ0v) is 14.2. The third kappa shape index (κ3) is 2.71. The van der Waals surface area contributed by atoms with Crippen LogP contribution in [0, 0.1) is 5.82 Å². The van der Waals surface area contributed by atoms with E-state index in [1.54, 1.807) is 20.8 Å². The Morgan fingerprint density at radius 2 is 2.08 bits per heavy atom. The summed E-state index contributed by atoms with van der Waals surface area (Å²) in [6, 6.07) is 2.82. The van der Waals surface area contributed by atoms with Crippen molar-refractivity contribution in [3.63, 3.8) is 0 Å². The average molecular weight is 350 g/mol. The zero-order valence-electron chi connectivity index (χ0n) is 14.2. The van der Waals surface area contributed by atoms with E-state index in [0.29, 0.717) is 4.90 Å². The van der Waals surface area contributed by atoms with Crippen LogP contribution >= 0.6 is 0 Å². The van der Waals surface area contributed by atoms with E-state index in [-0.39, 0.29) is 29.7 Å². The summed E-state index contributed by atoms with van der Waals surface area (Å²) in [7, 11) is 0. The average Bonchev–Trinajstić information content (AvgIpc) is 2.96. The van der Waals surface area contributed by atoms with Crippen LogP contribution in [0.15, 0.2) is 12.1 Å². The van der Waals surface area contributed by atoms with Gasteiger partial charge in [-0.1, -0.05) is 6.07 Å². The number of halogens is 1. The van der Waals surface area contributed by atoms with E-state index >= 15 is 0 Å². The van der Waals surface area contributed by atoms with Gasteiger partial charge in [0.1, 0.15) is 18.0 Å². The van der Waals surface area contributed by atoms with Crippen molar-refractivity contribution in [2.75, 3.05) is 12.3 Å². The van der Waals surface area contributed by atoms with Crippen LogP contribution in [0.1, 0.15) is 38.3 Å². The summed E-state index contributed by atoms with van der Waals surface area (Å²) in [4.78, 5) is 37.6. The molecular weight excluding hydrogens is 331 g/mol. The van der Waals surface area contributed by atoms with Crippen molar-refractivity contribution in [2.45, 2.75) is 44.8 Å². The van der Waals surface area contributed by atoms with Gasteiger partial charge in [-0.25, -0.2) is 14.1 Å². The first-order valence-corrected chi connectivity index (χ1v) is 7.89. The topological polar surface area (TPSA) is 98.9 Å². The third-order valence-electron chi connectivity index (χ3n) is 4.21. The number of fused-ring (bicyclic) bond motifs is 2. The maximum atomic E-state index is 14.2. The van der Waals surface area contributed by atoms with Crippen molar-refractivity contribution in [3.8, 4) is 0 Å². The van der Waals surface area contributed by atoms with Crippen LogP contribution in [0.3, 0.4) is 0 Å². The Kier molecular flexibility index (Phi) is 3.74. The van der Waals surface area contributed by atoms with E-state index in [9.17, 15) is 18.8 Å². The number of nitrogen functional groups attached to an aromatic ring is 1. The molecule has 0 aromatic heterocycles. The van der Waals surface area contributed by atoms with E-state index in [4.69, 9.17) is 15.2 Å². The number of rotatable bonds is 2. The molecule has 2 N–H and O–H groups in total. The summed E-state index contributed by atoms with van der Waals surface area (Å²) in [5.41, 5.74) is 3.73. The van der Waals surface area contributed by atoms with Crippen LogP contribution in [-0.4, -0.2) is 35.0 Å². The second kappa shape index (κ2) is 5.44. The number of esters is 1. The molecule has 1 aromatic rings. The highest BCUT2D eigenvalue weighted by atomic mass is 19.1. The van der Waals surface area contributed by atoms with Crippen molar-refractivity contribution < 1.29 is 28.2 Å². The standard InChI is InChI=1S/C17H19FN2O5/c1-16(2,3)24-12(21)8-20-14(22)17(25-15(20)23)7-6-9-10(17)4-5-11(19)13(9)18/h4-5H,6-8,19H2,1-3H3. The minimum atomic E-state index is -1.59. The summed E-state index contributed by atoms with van der Waals surface area (Å²) in [5.74, 6) is -2.02. The molecule has 2 amide bonds. The molecule has 1 unspecified atom stereocenters. The van der Waals surface area contributed by atoms with E-state index in [1.165, 1.54) is 12.1 Å². The van der Waals surface area contributed by atoms with E-state index in [1.807, 2.05) is 0 Å². The van der Waals surface area contributed by atoms with Crippen LogP contribution in [0.5, 0.6) is 0 Å². The van der Waals surface area contributed by atoms with E-state index in [2.05, 4.69) is 0 Å². The fraction of sp³-hybridized carbons (Fsp3) is 0.471. The zero-order chi connectivity index (χ0) is 18.6. The minimum Gasteiger partial charge on any atom is -0.459 e. The number of imide groups is 1. The first-order valence-electron chi connectivity index (χ1n) is 7.89. The normalized spacial score (nSPS) is 22.3. The first-order chi connectivity index (χ1) is 11.5. The molecule has 8 heteroatoms. The summed E-state index contributed by atoms with van der Waals surface area (Å²) in [6.45, 7) is 4.48. The Morgan fingerprint density at radius 1 is 1.40 bits per heavy atom. The fourth-order valence-corrected chi connectivity index (χ4v) is 3.21. The van der Waals surface area contributed by atoms with Gasteiger partial charge in [-0.2, -0.15) is 0 Å². The molecule has 134 valence electrons. The van der Waals surface area contributed by atoms with Gasteiger partial charge in [-0.15, -0.1) is 0 Å². The quantitative estimate of drug-likeness (QED) is 0.646. The van der Waals surface area contributed by atoms with Gasteiger partial charge >= 0.3 is 12.1 Å². The Labute approximate surface area is 143 Å². The highest BCUT2D eigenvalue weighted by molar-refractivity contribution is 6.06. The summed E-state index contributed by atoms with van der Waals surface area (Å²) in [6.07, 6.45) is -0.621. The number of amides is 2. The van der Waals surface area contributed by atoms with Crippen LogP contribution in [-0.2, 0) is 31.1 Å². The minimum absolute atomic E-state index is 0.0295. The van der Waals surface area contributed by atoms with Crippen molar-refractivity contribution in [2.24, 2.45) is 0 Å². The molecule has 1 spiro atoms. The summed E-state index contributed by atoms with van der Waals surface area (Å²) < 4.78 is 24.6. The molecule has 0 bridgehead atoms. The molecule has 1 fully saturated rings. The lowest BCUT2D eigenvalue weighted by molar-refractivity contribution is -0.157. The van der Waals surface area contributed by atoms with Gasteiger partial charge in [0.05, 0.1) is 5.69 Å². The molecule has 1 atom stereocenters. The van der Waals surface area contributed by atoms with Crippen molar-refractivity contribution >= 4 is 23.7 Å². The number of carbonyl (C=O) groups is 3. The van der Waals surface area contributed by atoms with Crippen LogP contribution < -0.4 is 5.73 Å². The maximum Gasteiger partial charge on any atom is 0.418 e. The van der Waals surface area contributed by atoms with Crippen LogP contribution in [0.4, 0.5) is 14.9 Å². The summed E-state index contributed by atoms with van der Waals surface area (Å²) >= 11 is 0. The van der Waals surface area contributed by atoms with Gasteiger partial charge in [0.15, 0.2) is 0 Å². The van der Waals surface area contributed by atoms with Gasteiger partial charge in [0.2, 0.25) is 5.60 Å². The van der Waals surface area contributed by atoms with Gasteiger partial charge in [-0.3, -0.25) is 9.59 Å². The number of ether oxygens (including phenoxy) is 2. The molecule has 1 saturated heterocycles. The van der Waals surface area contributed by atoms with Crippen molar-refractivity contribution in [1.29, 1.82) is 0 Å². The lowest BCUT2D eigenvalue weighted by Gasteiger charge is -2.22. The van der Waals surface area contributed by atoms with E-state index < -0.39 is 41.5 Å². The van der Waals surface area contributed by atoms with Gasteiger partial charge < -0.3 is 15.2 Å². The van der Waals surface area contributed by atoms with Crippen molar-refractivity contribution in [1.82, 2.24) is 4.90 Å². The molecule has 7 nitrogen and oxygen atoms in total. The van der Waals surface area contributed by atoms with Gasteiger partial charge in [-0.05, 0) is 38.8 Å². The van der Waals surface area contributed by atoms with Gasteiger partial charge in [0, 0.05) is 12.0 Å². The SMILES string of the molecule is CC(C)(C)OC(=O)CN1C(=O)OC2(CCc3c2ccc(N)c3F)C1=O. The predicted molar refractivity (Wildman–Crippen MR) is 84.9 cm³/mol. The number of benzene rings is 1. The smallest absolute Gasteiger partial charge is 0.418 e. The van der Waals surface area contributed by atoms with Crippen LogP contribution in [0.2, 0.25) is 0 Å². The molecule has 3 rings (SSSR count). The number of nitrogens with zero attached hydrogens (tertiary/aromatic N) is 1. The lowest BCUT2D eigenvalue weighted by Crippen LogP contribution is -2.41. The third-order valence-corrected chi connectivity index (χ3v) is 4.21. The number of nitrogens with two attached hydrogens (primary N) is 1. The predicted octanol–water partition coefficient (Wildman–Crippen LogP) is 1.87. The highest BCUT2D eigenvalue weighted by Crippen LogP contribution is 2.46. The monoisotopic (exact) mass is 350 g/mol. The largest absolute Gasteiger partial charge is 0.459 e. The van der Waals surface area contributed by atoms with E-state index in [0.717, 1.165) is 0 Å². The Balaban J connectivity index is 1.89. The highest BCUT2D eigenvalue weighted by Gasteiger charge is 2.59. The fourth-order valence-electron chi connectivity index (χ4n) is 3.21. The Bertz CT molecular complexity index is 786. The molecular formula is C17H19FN2O5. The Hall–Kier alpha value is -2.64. The van der Waals surface area contributed by atoms with Crippen molar-refractivity contribution in [3.05, 3.63) is 29.1 Å². The second-order valence-electron chi connectivity index (χ2n) is 7.17. The number of hydrogen-bond acceptors (Lipinski definition) is 6. The molecule has 1 aliphatic heterocycles. The first kappa shape index (κ1) is 17.2. The molecule has 2 aliphatic rings. The second-order valence-corrected chi connectivity index (χ2v) is 7.17. The molecule has 1 aliphatic carbocycles.